The third-order valence-electron chi connectivity index (χ3n) is 3.40. The monoisotopic (exact) mass is 402 g/mol. The van der Waals surface area contributed by atoms with Gasteiger partial charge in [-0.25, -0.2) is 9.38 Å². The van der Waals surface area contributed by atoms with Crippen LogP contribution in [0.4, 0.5) is 10.1 Å². The average molecular weight is 403 g/mol. The minimum atomic E-state index is -0.544. The van der Waals surface area contributed by atoms with E-state index >= 15 is 0 Å². The van der Waals surface area contributed by atoms with Gasteiger partial charge in [0.05, 0.1) is 10.7 Å². The lowest BCUT2D eigenvalue weighted by molar-refractivity contribution is 0.307. The maximum Gasteiger partial charge on any atom is 0.210 e. The van der Waals surface area contributed by atoms with Crippen molar-refractivity contribution in [2.24, 2.45) is 10.1 Å². The third-order valence-corrected chi connectivity index (χ3v) is 5.72. The Labute approximate surface area is 157 Å². The first kappa shape index (κ1) is 18.2. The summed E-state index contributed by atoms with van der Waals surface area (Å²) in [6.45, 7) is 6.64. The van der Waals surface area contributed by atoms with E-state index < -0.39 is 5.82 Å². The van der Waals surface area contributed by atoms with Gasteiger partial charge in [0.2, 0.25) is 4.80 Å². The van der Waals surface area contributed by atoms with Crippen molar-refractivity contribution in [3.8, 4) is 5.75 Å². The van der Waals surface area contributed by atoms with Crippen molar-refractivity contribution >= 4 is 46.3 Å². The number of rotatable bonds is 4. The molecular weight excluding hydrogens is 387 g/mol. The Kier molecular flexibility index (Phi) is 5.08. The molecule has 0 bridgehead atoms. The summed E-state index contributed by atoms with van der Waals surface area (Å²) in [4.78, 5) is 5.02. The quantitative estimate of drug-likeness (QED) is 0.475. The van der Waals surface area contributed by atoms with Gasteiger partial charge in [0, 0.05) is 28.9 Å². The van der Waals surface area contributed by atoms with Crippen molar-refractivity contribution in [2.45, 2.75) is 37.2 Å². The summed E-state index contributed by atoms with van der Waals surface area (Å²) in [5.41, 5.74) is 0.487. The highest BCUT2D eigenvalue weighted by atomic mass is 35.5. The predicted octanol–water partition coefficient (Wildman–Crippen LogP) is 4.08. The summed E-state index contributed by atoms with van der Waals surface area (Å²) >= 11 is 8.91. The Bertz CT molecular complexity index is 907. The molecule has 0 aliphatic carbocycles. The summed E-state index contributed by atoms with van der Waals surface area (Å²) in [6.07, 6.45) is 0. The molecule has 6 nitrogen and oxygen atoms in total. The van der Waals surface area contributed by atoms with Gasteiger partial charge in [-0.05, 0) is 26.8 Å². The summed E-state index contributed by atoms with van der Waals surface area (Å²) in [5, 5.41) is 12.7. The van der Waals surface area contributed by atoms with Crippen molar-refractivity contribution in [2.75, 3.05) is 6.61 Å². The average Bonchev–Trinajstić information content (AvgIpc) is 3.04. The molecule has 2 aromatic rings. The molecule has 0 spiro atoms. The van der Waals surface area contributed by atoms with E-state index in [9.17, 15) is 4.39 Å². The number of fused-ring (bicyclic) bond motifs is 1. The first-order valence-corrected chi connectivity index (χ1v) is 9.35. The number of benzene rings is 1. The van der Waals surface area contributed by atoms with Crippen LogP contribution in [0.1, 0.15) is 20.8 Å². The molecule has 0 saturated heterocycles. The fraction of sp³-hybridized carbons (Fsp3) is 0.400. The second-order valence-electron chi connectivity index (χ2n) is 6.17. The summed E-state index contributed by atoms with van der Waals surface area (Å²) in [6, 6.07) is 2.59. The van der Waals surface area contributed by atoms with Crippen LogP contribution < -0.4 is 9.54 Å². The Balaban J connectivity index is 1.96. The number of halogens is 2. The molecule has 1 aromatic carbocycles. The molecule has 0 radical (unpaired) electrons. The van der Waals surface area contributed by atoms with Crippen LogP contribution in [0, 0.1) is 5.82 Å². The van der Waals surface area contributed by atoms with Crippen LogP contribution in [-0.2, 0) is 6.54 Å². The molecule has 1 N–H and O–H groups in total. The number of thioether (sulfide) groups is 1. The van der Waals surface area contributed by atoms with E-state index in [0.717, 1.165) is 17.8 Å². The molecule has 134 valence electrons. The zero-order valence-electron chi connectivity index (χ0n) is 13.8. The van der Waals surface area contributed by atoms with E-state index in [1.165, 1.54) is 17.6 Å². The Morgan fingerprint density at radius 3 is 3.00 bits per heavy atom. The normalized spacial score (nSPS) is 17.0. The van der Waals surface area contributed by atoms with Crippen LogP contribution in [0.5, 0.6) is 5.75 Å². The van der Waals surface area contributed by atoms with Gasteiger partial charge in [-0.2, -0.15) is 4.37 Å². The number of aromatic nitrogens is 2. The molecule has 3 rings (SSSR count). The van der Waals surface area contributed by atoms with Gasteiger partial charge < -0.3 is 9.94 Å². The maximum absolute atomic E-state index is 14.3. The molecule has 1 aromatic heterocycles. The number of oxime groups is 1. The van der Waals surface area contributed by atoms with Crippen molar-refractivity contribution in [3.05, 3.63) is 27.8 Å². The van der Waals surface area contributed by atoms with Crippen molar-refractivity contribution in [1.82, 2.24) is 8.94 Å². The van der Waals surface area contributed by atoms with E-state index in [1.807, 2.05) is 4.57 Å². The van der Waals surface area contributed by atoms with Crippen molar-refractivity contribution in [1.29, 1.82) is 0 Å². The zero-order chi connectivity index (χ0) is 18.2. The first-order valence-electron chi connectivity index (χ1n) is 7.39. The van der Waals surface area contributed by atoms with Crippen LogP contribution in [0.3, 0.4) is 0 Å². The molecule has 0 unspecified atom stereocenters. The van der Waals surface area contributed by atoms with E-state index in [2.05, 4.69) is 28.4 Å². The largest absolute Gasteiger partial charge is 0.486 e. The Morgan fingerprint density at radius 1 is 1.52 bits per heavy atom. The Hall–Kier alpha value is -1.58. The van der Waals surface area contributed by atoms with Crippen LogP contribution in [0.2, 0.25) is 5.02 Å². The van der Waals surface area contributed by atoms with Gasteiger partial charge in [0.15, 0.2) is 11.0 Å². The molecule has 1 aliphatic rings. The van der Waals surface area contributed by atoms with Crippen molar-refractivity contribution < 1.29 is 14.3 Å². The van der Waals surface area contributed by atoms with E-state index in [1.54, 1.807) is 18.7 Å². The lowest BCUT2D eigenvalue weighted by Crippen LogP contribution is -2.21. The van der Waals surface area contributed by atoms with Crippen LogP contribution in [0.15, 0.2) is 27.4 Å². The lowest BCUT2D eigenvalue weighted by atomic mass is 10.2. The van der Waals surface area contributed by atoms with E-state index in [-0.39, 0.29) is 27.8 Å². The summed E-state index contributed by atoms with van der Waals surface area (Å²) in [7, 11) is 0. The molecule has 2 heterocycles. The fourth-order valence-electron chi connectivity index (χ4n) is 2.24. The van der Waals surface area contributed by atoms with E-state index in [4.69, 9.17) is 21.5 Å². The van der Waals surface area contributed by atoms with Crippen LogP contribution in [0.25, 0.3) is 0 Å². The predicted molar refractivity (Wildman–Crippen MR) is 97.1 cm³/mol. The summed E-state index contributed by atoms with van der Waals surface area (Å²) < 4.78 is 26.1. The van der Waals surface area contributed by atoms with Crippen LogP contribution in [-0.4, -0.2) is 31.2 Å². The lowest BCUT2D eigenvalue weighted by Gasteiger charge is -2.13. The maximum atomic E-state index is 14.3. The molecule has 0 saturated carbocycles. The third kappa shape index (κ3) is 3.99. The molecule has 0 amide bonds. The topological polar surface area (TPSA) is 72.0 Å². The van der Waals surface area contributed by atoms with Gasteiger partial charge in [-0.15, -0.1) is 0 Å². The molecule has 25 heavy (non-hydrogen) atoms. The fourth-order valence-corrected chi connectivity index (χ4v) is 4.36. The highest BCUT2D eigenvalue weighted by molar-refractivity contribution is 8.00. The number of ether oxygens (including phenoxy) is 1. The molecule has 0 fully saturated rings. The highest BCUT2D eigenvalue weighted by Gasteiger charge is 2.31. The minimum absolute atomic E-state index is 0.0363. The zero-order valence-corrected chi connectivity index (χ0v) is 16.2. The molecular formula is C15H16ClFN4O2S2. The second kappa shape index (κ2) is 6.97. The number of hydrogen-bond donors (Lipinski definition) is 1. The van der Waals surface area contributed by atoms with E-state index in [0.29, 0.717) is 10.5 Å². The number of hydrogen-bond acceptors (Lipinski definition) is 7. The molecule has 0 atom stereocenters. The minimum Gasteiger partial charge on any atom is -0.486 e. The Morgan fingerprint density at radius 2 is 2.28 bits per heavy atom. The molecule has 10 heteroatoms. The number of nitrogens with zero attached hydrogens (tertiary/aromatic N) is 4. The smallest absolute Gasteiger partial charge is 0.210 e. The first-order chi connectivity index (χ1) is 11.8. The van der Waals surface area contributed by atoms with Gasteiger partial charge in [-0.1, -0.05) is 28.5 Å². The van der Waals surface area contributed by atoms with Gasteiger partial charge in [0.25, 0.3) is 0 Å². The van der Waals surface area contributed by atoms with Gasteiger partial charge in [0.1, 0.15) is 18.0 Å². The second-order valence-corrected chi connectivity index (χ2v) is 8.98. The van der Waals surface area contributed by atoms with Crippen molar-refractivity contribution in [3.63, 3.8) is 0 Å². The van der Waals surface area contributed by atoms with Gasteiger partial charge in [-0.3, -0.25) is 4.57 Å². The van der Waals surface area contributed by atoms with Crippen LogP contribution >= 0.6 is 34.9 Å². The van der Waals surface area contributed by atoms with Gasteiger partial charge >= 0.3 is 0 Å². The molecule has 1 aliphatic heterocycles. The summed E-state index contributed by atoms with van der Waals surface area (Å²) in [5.74, 6) is -0.275. The SMILES string of the molecule is C/C(COc1cc(N=c2snc3n2CC(C)(C)S3)c(F)cc1Cl)=N/O. The highest BCUT2D eigenvalue weighted by Crippen LogP contribution is 2.39. The standard InChI is InChI=1S/C15H16ClFN4O2S2/c1-8(19-22)6-23-12-5-11(10(17)4-9(12)16)18-13-21-7-15(2,3)24-14(21)20-25-13/h4-5,22H,6-7H2,1-3H3/b18-13?,19-8-.